The lowest BCUT2D eigenvalue weighted by atomic mass is 10.4. The summed E-state index contributed by atoms with van der Waals surface area (Å²) < 4.78 is 26.5. The van der Waals surface area contributed by atoms with E-state index in [1.165, 1.54) is 11.8 Å². The molecule has 1 aromatic rings. The van der Waals surface area contributed by atoms with E-state index in [0.29, 0.717) is 0 Å². The Kier molecular flexibility index (Phi) is 5.76. The van der Waals surface area contributed by atoms with Crippen molar-refractivity contribution in [3.05, 3.63) is 30.3 Å². The van der Waals surface area contributed by atoms with Crippen molar-refractivity contribution in [2.75, 3.05) is 11.8 Å². The molecule has 0 saturated carbocycles. The van der Waals surface area contributed by atoms with Gasteiger partial charge in [0.1, 0.15) is 11.8 Å². The molecule has 2 N–H and O–H groups in total. The molecule has 0 bridgehead atoms. The van der Waals surface area contributed by atoms with Gasteiger partial charge in [-0.05, 0) is 12.1 Å². The molecular formula is C8H12O5P2S. The highest BCUT2D eigenvalue weighted by molar-refractivity contribution is 7.99. The minimum atomic E-state index is -4.24. The maximum absolute atomic E-state index is 11.1. The van der Waals surface area contributed by atoms with Crippen LogP contribution in [0.2, 0.25) is 0 Å². The smallest absolute Gasteiger partial charge is 0.324 e. The average Bonchev–Trinajstić information content (AvgIpc) is 2.16. The fourth-order valence-corrected chi connectivity index (χ4v) is 3.85. The molecule has 16 heavy (non-hydrogen) atoms. The lowest BCUT2D eigenvalue weighted by Gasteiger charge is -2.05. The summed E-state index contributed by atoms with van der Waals surface area (Å²) in [5.74, 6) is -0.561. The first kappa shape index (κ1) is 14.0. The number of hydrogen-bond donors (Lipinski definition) is 2. The van der Waals surface area contributed by atoms with Gasteiger partial charge in [-0.1, -0.05) is 30.0 Å². The van der Waals surface area contributed by atoms with E-state index in [1.54, 1.807) is 0 Å². The molecule has 0 fully saturated rings. The van der Waals surface area contributed by atoms with Crippen molar-refractivity contribution in [2.45, 2.75) is 4.90 Å². The topological polar surface area (TPSA) is 83.8 Å². The molecule has 5 nitrogen and oxygen atoms in total. The van der Waals surface area contributed by atoms with Crippen LogP contribution in [0.15, 0.2) is 35.2 Å². The van der Waals surface area contributed by atoms with E-state index in [1.807, 2.05) is 30.3 Å². The fraction of sp³-hybridized carbons (Fsp3) is 0.250. The molecule has 0 aliphatic heterocycles. The fourth-order valence-electron chi connectivity index (χ4n) is 0.894. The Labute approximate surface area is 98.2 Å². The van der Waals surface area contributed by atoms with E-state index < -0.39 is 21.5 Å². The minimum absolute atomic E-state index is 0.127. The first-order chi connectivity index (χ1) is 7.47. The quantitative estimate of drug-likeness (QED) is 0.473. The van der Waals surface area contributed by atoms with Crippen molar-refractivity contribution in [3.63, 3.8) is 0 Å². The molecule has 0 aromatic heterocycles. The molecule has 1 unspecified atom stereocenters. The minimum Gasteiger partial charge on any atom is -0.324 e. The standard InChI is InChI=1S/C8H12O5P2S/c9-14(7-15(10,11)12)13-6-16-8-4-2-1-3-5-8/h1-5,14H,6-7H2,(H2,10,11,12). The molecule has 0 radical (unpaired) electrons. The van der Waals surface area contributed by atoms with Crippen LogP contribution in [-0.2, 0) is 13.7 Å². The van der Waals surface area contributed by atoms with Crippen molar-refractivity contribution in [1.82, 2.24) is 0 Å². The maximum atomic E-state index is 11.1. The summed E-state index contributed by atoms with van der Waals surface area (Å²) in [5, 5.41) is 0. The molecule has 0 spiro atoms. The van der Waals surface area contributed by atoms with Crippen molar-refractivity contribution in [2.24, 2.45) is 0 Å². The van der Waals surface area contributed by atoms with Crippen molar-refractivity contribution >= 4 is 27.4 Å². The largest absolute Gasteiger partial charge is 0.334 e. The van der Waals surface area contributed by atoms with Crippen LogP contribution in [0.5, 0.6) is 0 Å². The zero-order chi connectivity index (χ0) is 12.0. The molecule has 0 amide bonds. The summed E-state index contributed by atoms with van der Waals surface area (Å²) in [4.78, 5) is 18.1. The van der Waals surface area contributed by atoms with Gasteiger partial charge in [-0.3, -0.25) is 9.13 Å². The predicted octanol–water partition coefficient (Wildman–Crippen LogP) is 2.36. The van der Waals surface area contributed by atoms with E-state index >= 15 is 0 Å². The lowest BCUT2D eigenvalue weighted by molar-refractivity contribution is 0.369. The Balaban J connectivity index is 2.26. The Morgan fingerprint density at radius 1 is 1.31 bits per heavy atom. The van der Waals surface area contributed by atoms with Crippen LogP contribution in [0.25, 0.3) is 0 Å². The number of hydrogen-bond acceptors (Lipinski definition) is 4. The third kappa shape index (κ3) is 6.48. The zero-order valence-corrected chi connectivity index (χ0v) is 11.0. The van der Waals surface area contributed by atoms with Crippen LogP contribution < -0.4 is 0 Å². The molecule has 0 heterocycles. The van der Waals surface area contributed by atoms with Crippen LogP contribution in [0.1, 0.15) is 0 Å². The second-order valence-electron chi connectivity index (χ2n) is 2.91. The number of benzene rings is 1. The molecule has 90 valence electrons. The molecule has 8 heteroatoms. The summed E-state index contributed by atoms with van der Waals surface area (Å²) in [7, 11) is -6.89. The predicted molar refractivity (Wildman–Crippen MR) is 64.2 cm³/mol. The second-order valence-corrected chi connectivity index (χ2v) is 7.54. The van der Waals surface area contributed by atoms with Crippen LogP contribution >= 0.6 is 27.4 Å². The average molecular weight is 282 g/mol. The van der Waals surface area contributed by atoms with Gasteiger partial charge in [0.15, 0.2) is 0 Å². The van der Waals surface area contributed by atoms with Crippen molar-refractivity contribution in [3.8, 4) is 0 Å². The zero-order valence-electron chi connectivity index (χ0n) is 8.28. The van der Waals surface area contributed by atoms with E-state index in [9.17, 15) is 9.13 Å². The van der Waals surface area contributed by atoms with Gasteiger partial charge >= 0.3 is 7.60 Å². The van der Waals surface area contributed by atoms with Crippen LogP contribution in [-0.4, -0.2) is 21.6 Å². The van der Waals surface area contributed by atoms with Crippen molar-refractivity contribution in [1.29, 1.82) is 0 Å². The monoisotopic (exact) mass is 282 g/mol. The third-order valence-electron chi connectivity index (χ3n) is 1.52. The highest BCUT2D eigenvalue weighted by Gasteiger charge is 2.17. The van der Waals surface area contributed by atoms with E-state index in [4.69, 9.17) is 14.3 Å². The summed E-state index contributed by atoms with van der Waals surface area (Å²) in [5.41, 5.74) is 0. The van der Waals surface area contributed by atoms with Crippen LogP contribution in [0, 0.1) is 0 Å². The molecule has 1 atom stereocenters. The highest BCUT2D eigenvalue weighted by Crippen LogP contribution is 2.45. The van der Waals surface area contributed by atoms with E-state index in [0.717, 1.165) is 4.90 Å². The Bertz CT molecular complexity index is 391. The first-order valence-corrected chi connectivity index (χ1v) is 8.66. The molecule has 1 aromatic carbocycles. The molecular weight excluding hydrogens is 270 g/mol. The SMILES string of the molecule is O=[PH](CP(=O)(O)O)OCSc1ccccc1. The van der Waals surface area contributed by atoms with Gasteiger partial charge in [-0.15, -0.1) is 0 Å². The molecule has 0 aliphatic carbocycles. The third-order valence-corrected chi connectivity index (χ3v) is 5.72. The summed E-state index contributed by atoms with van der Waals surface area (Å²) in [6, 6.07) is 9.34. The van der Waals surface area contributed by atoms with E-state index in [-0.39, 0.29) is 5.94 Å². The Morgan fingerprint density at radius 2 is 1.94 bits per heavy atom. The molecule has 0 aliphatic rings. The summed E-state index contributed by atoms with van der Waals surface area (Å²) in [6.07, 6.45) is 0. The first-order valence-electron chi connectivity index (χ1n) is 4.35. The number of thioether (sulfide) groups is 1. The van der Waals surface area contributed by atoms with Gasteiger partial charge in [-0.2, -0.15) is 0 Å². The van der Waals surface area contributed by atoms with Gasteiger partial charge in [0.2, 0.25) is 8.03 Å². The molecule has 1 rings (SSSR count). The number of rotatable bonds is 6. The Hall–Kier alpha value is -0.0900. The summed E-state index contributed by atoms with van der Waals surface area (Å²) >= 11 is 1.33. The van der Waals surface area contributed by atoms with Crippen LogP contribution in [0.3, 0.4) is 0 Å². The summed E-state index contributed by atoms with van der Waals surface area (Å²) in [6.45, 7) is 0. The van der Waals surface area contributed by atoms with Gasteiger partial charge in [0.05, 0.1) is 0 Å². The Morgan fingerprint density at radius 3 is 2.50 bits per heavy atom. The van der Waals surface area contributed by atoms with Gasteiger partial charge in [0, 0.05) is 4.90 Å². The maximum Gasteiger partial charge on any atom is 0.334 e. The lowest BCUT2D eigenvalue weighted by Crippen LogP contribution is -1.86. The van der Waals surface area contributed by atoms with Gasteiger partial charge < -0.3 is 14.3 Å². The van der Waals surface area contributed by atoms with Crippen molar-refractivity contribution < 1.29 is 23.4 Å². The van der Waals surface area contributed by atoms with Gasteiger partial charge in [-0.25, -0.2) is 0 Å². The normalized spacial score (nSPS) is 13.6. The van der Waals surface area contributed by atoms with Gasteiger partial charge in [0.25, 0.3) is 0 Å². The molecule has 0 saturated heterocycles. The van der Waals surface area contributed by atoms with E-state index in [2.05, 4.69) is 0 Å². The highest BCUT2D eigenvalue weighted by atomic mass is 32.2. The van der Waals surface area contributed by atoms with Crippen LogP contribution in [0.4, 0.5) is 0 Å². The second kappa shape index (κ2) is 6.60.